The molecule has 0 heterocycles. The second kappa shape index (κ2) is 11.8. The number of rotatable bonds is 8. The average molecular weight is 589 g/mol. The second-order valence-corrected chi connectivity index (χ2v) is 19.5. The molecule has 0 spiro atoms. The van der Waals surface area contributed by atoms with E-state index in [1.807, 2.05) is 0 Å². The van der Waals surface area contributed by atoms with Gasteiger partial charge in [0.05, 0.1) is 0 Å². The first kappa shape index (κ1) is 27.1. The van der Waals surface area contributed by atoms with Crippen molar-refractivity contribution in [1.29, 1.82) is 0 Å². The molecule has 0 nitrogen and oxygen atoms in total. The van der Waals surface area contributed by atoms with Crippen molar-refractivity contribution < 1.29 is 0 Å². The van der Waals surface area contributed by atoms with Crippen LogP contribution in [0.4, 0.5) is 0 Å². The molecule has 6 aromatic carbocycles. The molecule has 6 aromatic rings. The largest absolute Gasteiger partial charge is 0.0876 e. The quantitative estimate of drug-likeness (QED) is 0.165. The third-order valence-corrected chi connectivity index (χ3v) is 18.3. The molecule has 0 aliphatic heterocycles. The third kappa shape index (κ3) is 5.18. The first-order valence-corrected chi connectivity index (χ1v) is 19.3. The molecule has 4 heteroatoms. The van der Waals surface area contributed by atoms with Crippen molar-refractivity contribution >= 4 is 67.7 Å². The zero-order valence-corrected chi connectivity index (χ0v) is 25.5. The summed E-state index contributed by atoms with van der Waals surface area (Å²) in [5.74, 6) is 0. The van der Waals surface area contributed by atoms with Gasteiger partial charge >= 0.3 is 0 Å². The Morgan fingerprint density at radius 3 is 1.30 bits per heavy atom. The van der Waals surface area contributed by atoms with Crippen molar-refractivity contribution in [3.63, 3.8) is 0 Å². The van der Waals surface area contributed by atoms with Crippen molar-refractivity contribution in [2.24, 2.45) is 0 Å². The highest BCUT2D eigenvalue weighted by molar-refractivity contribution is 8.24. The number of hydrogen-bond acceptors (Lipinski definition) is 2. The van der Waals surface area contributed by atoms with Gasteiger partial charge in [-0.05, 0) is 43.7 Å². The highest BCUT2D eigenvalue weighted by atomic mass is 32.4. The van der Waals surface area contributed by atoms with Gasteiger partial charge in [0.2, 0.25) is 0 Å². The van der Waals surface area contributed by atoms with Gasteiger partial charge in [-0.15, -0.1) is 0 Å². The number of hydrogen-bond donors (Lipinski definition) is 0. The molecular formula is C36H30P2S2. The van der Waals surface area contributed by atoms with E-state index in [4.69, 9.17) is 23.6 Å². The Balaban J connectivity index is 1.64. The maximum absolute atomic E-state index is 7.01. The summed E-state index contributed by atoms with van der Waals surface area (Å²) >= 11 is 13.9. The fourth-order valence-corrected chi connectivity index (χ4v) is 16.0. The molecule has 0 aliphatic carbocycles. The van der Waals surface area contributed by atoms with Crippen LogP contribution in [0.1, 0.15) is 11.2 Å². The summed E-state index contributed by atoms with van der Waals surface area (Å²) in [5, 5.41) is 7.42. The van der Waals surface area contributed by atoms with Crippen LogP contribution in [0.3, 0.4) is 0 Å². The minimum Gasteiger partial charge on any atom is -0.0876 e. The lowest BCUT2D eigenvalue weighted by atomic mass is 10.1. The highest BCUT2D eigenvalue weighted by Crippen LogP contribution is 2.63. The van der Waals surface area contributed by atoms with E-state index in [0.29, 0.717) is 0 Å². The minimum absolute atomic E-state index is 0.0585. The summed E-state index contributed by atoms with van der Waals surface area (Å²) in [6.07, 6.45) is 0.815. The van der Waals surface area contributed by atoms with Crippen LogP contribution in [0.15, 0.2) is 164 Å². The fraction of sp³-hybridized carbons (Fsp3) is 0.0556. The van der Waals surface area contributed by atoms with Crippen LogP contribution in [0.5, 0.6) is 0 Å². The van der Waals surface area contributed by atoms with Crippen LogP contribution < -0.4 is 21.2 Å². The average Bonchev–Trinajstić information content (AvgIpc) is 3.04. The van der Waals surface area contributed by atoms with Crippen LogP contribution in [0.2, 0.25) is 0 Å². The molecule has 0 saturated carbocycles. The van der Waals surface area contributed by atoms with Crippen LogP contribution in [0.25, 0.3) is 10.8 Å². The van der Waals surface area contributed by atoms with E-state index in [1.54, 1.807) is 0 Å². The van der Waals surface area contributed by atoms with E-state index >= 15 is 0 Å². The molecule has 196 valence electrons. The molecule has 0 aliphatic rings. The molecule has 0 saturated heterocycles. The molecular weight excluding hydrogens is 558 g/mol. The maximum atomic E-state index is 7.01. The Bertz CT molecular complexity index is 1730. The predicted octanol–water partition coefficient (Wildman–Crippen LogP) is 8.14. The molecule has 6 rings (SSSR count). The van der Waals surface area contributed by atoms with Crippen molar-refractivity contribution in [2.75, 3.05) is 6.16 Å². The first-order chi connectivity index (χ1) is 19.6. The summed E-state index contributed by atoms with van der Waals surface area (Å²) in [6.45, 7) is 0. The lowest BCUT2D eigenvalue weighted by Crippen LogP contribution is -2.27. The third-order valence-electron chi connectivity index (χ3n) is 7.65. The van der Waals surface area contributed by atoms with Gasteiger partial charge in [-0.1, -0.05) is 187 Å². The van der Waals surface area contributed by atoms with Gasteiger partial charge in [-0.3, -0.25) is 0 Å². The normalized spacial score (nSPS) is 12.7. The van der Waals surface area contributed by atoms with E-state index in [-0.39, 0.29) is 5.66 Å². The monoisotopic (exact) mass is 588 g/mol. The van der Waals surface area contributed by atoms with Crippen molar-refractivity contribution in [3.05, 3.63) is 169 Å². The number of fused-ring (bicyclic) bond motifs is 1. The molecule has 0 bridgehead atoms. The Morgan fingerprint density at radius 1 is 0.425 bits per heavy atom. The van der Waals surface area contributed by atoms with Gasteiger partial charge in [-0.25, -0.2) is 0 Å². The Morgan fingerprint density at radius 2 is 0.825 bits per heavy atom. The SMILES string of the molecule is S=P(CC(c1ccc2ccccc2c1)P(=S)(c1ccccc1)c1ccccc1)(c1ccccc1)c1ccccc1. The molecule has 0 aromatic heterocycles. The maximum Gasteiger partial charge on any atom is 0.0260 e. The molecule has 1 unspecified atom stereocenters. The van der Waals surface area contributed by atoms with Gasteiger partial charge < -0.3 is 0 Å². The summed E-state index contributed by atoms with van der Waals surface area (Å²) in [5.41, 5.74) is 1.33. The van der Waals surface area contributed by atoms with Crippen molar-refractivity contribution in [1.82, 2.24) is 0 Å². The van der Waals surface area contributed by atoms with E-state index in [1.165, 1.54) is 37.6 Å². The van der Waals surface area contributed by atoms with Crippen molar-refractivity contribution in [2.45, 2.75) is 5.66 Å². The van der Waals surface area contributed by atoms with Crippen LogP contribution >= 0.6 is 12.1 Å². The lowest BCUT2D eigenvalue weighted by Gasteiger charge is -2.37. The summed E-state index contributed by atoms with van der Waals surface area (Å²) in [4.78, 5) is 0. The number of benzene rings is 6. The van der Waals surface area contributed by atoms with E-state index in [9.17, 15) is 0 Å². The molecule has 0 fully saturated rings. The summed E-state index contributed by atoms with van der Waals surface area (Å²) in [6, 6.07) is 54.0. The summed E-state index contributed by atoms with van der Waals surface area (Å²) in [7, 11) is 0. The molecule has 40 heavy (non-hydrogen) atoms. The smallest absolute Gasteiger partial charge is 0.0260 e. The van der Waals surface area contributed by atoms with E-state index in [0.717, 1.165) is 6.16 Å². The minimum atomic E-state index is -2.38. The Hall–Kier alpha value is -3.12. The predicted molar refractivity (Wildman–Crippen MR) is 184 cm³/mol. The fourth-order valence-electron chi connectivity index (χ4n) is 5.59. The van der Waals surface area contributed by atoms with E-state index in [2.05, 4.69) is 164 Å². The lowest BCUT2D eigenvalue weighted by molar-refractivity contribution is 1.10. The Kier molecular flexibility index (Phi) is 7.97. The van der Waals surface area contributed by atoms with Gasteiger partial charge in [-0.2, -0.15) is 0 Å². The van der Waals surface area contributed by atoms with Crippen LogP contribution in [-0.4, -0.2) is 6.16 Å². The topological polar surface area (TPSA) is 0 Å². The van der Waals surface area contributed by atoms with Gasteiger partial charge in [0, 0.05) is 17.7 Å². The van der Waals surface area contributed by atoms with Crippen LogP contribution in [0, 0.1) is 0 Å². The van der Waals surface area contributed by atoms with E-state index < -0.39 is 12.1 Å². The van der Waals surface area contributed by atoms with Crippen molar-refractivity contribution in [3.8, 4) is 0 Å². The van der Waals surface area contributed by atoms with Gasteiger partial charge in [0.25, 0.3) is 0 Å². The molecule has 0 amide bonds. The zero-order chi connectivity index (χ0) is 27.4. The highest BCUT2D eigenvalue weighted by Gasteiger charge is 2.38. The first-order valence-electron chi connectivity index (χ1n) is 13.5. The van der Waals surface area contributed by atoms with Gasteiger partial charge in [0.15, 0.2) is 0 Å². The second-order valence-electron chi connectivity index (χ2n) is 10.0. The Labute approximate surface area is 247 Å². The standard InChI is InChI=1S/C36H30P2S2/c39-37(32-17-5-1-6-18-32,33-19-7-2-8-20-33)28-36(31-26-25-29-15-13-14-16-30(29)27-31)38(40,34-21-9-3-10-22-34)35-23-11-4-12-24-35/h1-27,36H,28H2. The molecule has 0 N–H and O–H groups in total. The van der Waals surface area contributed by atoms with Gasteiger partial charge in [0.1, 0.15) is 0 Å². The summed E-state index contributed by atoms with van der Waals surface area (Å²) < 4.78 is 0. The molecule has 0 radical (unpaired) electrons. The van der Waals surface area contributed by atoms with Crippen LogP contribution in [-0.2, 0) is 23.6 Å². The zero-order valence-electron chi connectivity index (χ0n) is 22.1. The molecule has 1 atom stereocenters.